The van der Waals surface area contributed by atoms with Crippen LogP contribution in [0.25, 0.3) is 10.9 Å². The second kappa shape index (κ2) is 3.46. The molecule has 2 aromatic rings. The maximum Gasteiger partial charge on any atom is 0.418 e. The monoisotopic (exact) mass is 200 g/mol. The molecule has 0 aliphatic heterocycles. The first-order valence-corrected chi connectivity index (χ1v) is 4.36. The molecule has 0 N–H and O–H groups in total. The Bertz CT molecular complexity index is 563. The standard InChI is InChI=1S/C11H8N2O2/c1-15-11(14)13-6-5-9-8(7-12)3-2-4-10(9)13/h2-6H,1H3. The molecule has 0 saturated heterocycles. The van der Waals surface area contributed by atoms with Crippen LogP contribution in [-0.2, 0) is 4.74 Å². The van der Waals surface area contributed by atoms with E-state index in [1.54, 1.807) is 30.5 Å². The minimum atomic E-state index is -0.458. The topological polar surface area (TPSA) is 55.0 Å². The number of hydrogen-bond acceptors (Lipinski definition) is 3. The number of hydrogen-bond donors (Lipinski definition) is 0. The van der Waals surface area contributed by atoms with Crippen LogP contribution in [0.4, 0.5) is 4.79 Å². The molecule has 0 aliphatic rings. The van der Waals surface area contributed by atoms with Gasteiger partial charge in [0, 0.05) is 11.6 Å². The van der Waals surface area contributed by atoms with Crippen molar-refractivity contribution in [3.05, 3.63) is 36.0 Å². The van der Waals surface area contributed by atoms with Gasteiger partial charge in [-0.25, -0.2) is 4.79 Å². The van der Waals surface area contributed by atoms with Gasteiger partial charge in [0.05, 0.1) is 24.3 Å². The zero-order chi connectivity index (χ0) is 10.8. The molecule has 1 heterocycles. The maximum atomic E-state index is 11.3. The lowest BCUT2D eigenvalue weighted by molar-refractivity contribution is 0.174. The van der Waals surface area contributed by atoms with Crippen molar-refractivity contribution in [2.24, 2.45) is 0 Å². The van der Waals surface area contributed by atoms with Crippen LogP contribution >= 0.6 is 0 Å². The molecule has 1 aromatic carbocycles. The molecule has 4 heteroatoms. The molecule has 0 unspecified atom stereocenters. The van der Waals surface area contributed by atoms with Crippen molar-refractivity contribution in [3.63, 3.8) is 0 Å². The van der Waals surface area contributed by atoms with Crippen LogP contribution in [0.1, 0.15) is 5.56 Å². The van der Waals surface area contributed by atoms with E-state index in [-0.39, 0.29) is 0 Å². The molecule has 0 spiro atoms. The largest absolute Gasteiger partial charge is 0.452 e. The van der Waals surface area contributed by atoms with Crippen molar-refractivity contribution in [3.8, 4) is 6.07 Å². The summed E-state index contributed by atoms with van der Waals surface area (Å²) in [5, 5.41) is 9.62. The number of benzene rings is 1. The highest BCUT2D eigenvalue weighted by Gasteiger charge is 2.10. The summed E-state index contributed by atoms with van der Waals surface area (Å²) in [6, 6.07) is 9.02. The van der Waals surface area contributed by atoms with Gasteiger partial charge in [-0.15, -0.1) is 0 Å². The van der Waals surface area contributed by atoms with Gasteiger partial charge in [-0.05, 0) is 18.2 Å². The zero-order valence-corrected chi connectivity index (χ0v) is 8.10. The summed E-state index contributed by atoms with van der Waals surface area (Å²) in [5.74, 6) is 0. The van der Waals surface area contributed by atoms with Crippen LogP contribution in [0.5, 0.6) is 0 Å². The summed E-state index contributed by atoms with van der Waals surface area (Å²) >= 11 is 0. The van der Waals surface area contributed by atoms with E-state index >= 15 is 0 Å². The quantitative estimate of drug-likeness (QED) is 0.654. The van der Waals surface area contributed by atoms with Crippen LogP contribution in [0, 0.1) is 11.3 Å². The van der Waals surface area contributed by atoms with Gasteiger partial charge < -0.3 is 4.74 Å². The minimum Gasteiger partial charge on any atom is -0.452 e. The lowest BCUT2D eigenvalue weighted by Crippen LogP contribution is -2.09. The predicted molar refractivity (Wildman–Crippen MR) is 54.5 cm³/mol. The molecule has 0 aliphatic carbocycles. The Labute approximate surface area is 86.3 Å². The molecular weight excluding hydrogens is 192 g/mol. The highest BCUT2D eigenvalue weighted by Crippen LogP contribution is 2.19. The SMILES string of the molecule is COC(=O)n1ccc2c(C#N)cccc21. The number of aromatic nitrogens is 1. The summed E-state index contributed by atoms with van der Waals surface area (Å²) in [5.41, 5.74) is 1.23. The van der Waals surface area contributed by atoms with Gasteiger partial charge in [-0.1, -0.05) is 6.07 Å². The molecule has 0 amide bonds. The van der Waals surface area contributed by atoms with E-state index in [0.29, 0.717) is 11.1 Å². The molecule has 0 atom stereocenters. The van der Waals surface area contributed by atoms with Gasteiger partial charge >= 0.3 is 6.09 Å². The lowest BCUT2D eigenvalue weighted by atomic mass is 10.1. The van der Waals surface area contributed by atoms with Gasteiger partial charge in [-0.3, -0.25) is 4.57 Å². The number of carbonyl (C=O) groups excluding carboxylic acids is 1. The Morgan fingerprint density at radius 1 is 1.47 bits per heavy atom. The highest BCUT2D eigenvalue weighted by molar-refractivity contribution is 5.92. The average molecular weight is 200 g/mol. The van der Waals surface area contributed by atoms with Crippen LogP contribution in [-0.4, -0.2) is 17.8 Å². The van der Waals surface area contributed by atoms with E-state index in [1.165, 1.54) is 11.7 Å². The molecule has 0 radical (unpaired) electrons. The number of nitriles is 1. The molecule has 15 heavy (non-hydrogen) atoms. The number of rotatable bonds is 0. The second-order valence-corrected chi connectivity index (χ2v) is 3.01. The van der Waals surface area contributed by atoms with Crippen molar-refractivity contribution in [2.45, 2.75) is 0 Å². The van der Waals surface area contributed by atoms with Crippen LogP contribution < -0.4 is 0 Å². The maximum absolute atomic E-state index is 11.3. The highest BCUT2D eigenvalue weighted by atomic mass is 16.5. The van der Waals surface area contributed by atoms with Crippen LogP contribution in [0.3, 0.4) is 0 Å². The fraction of sp³-hybridized carbons (Fsp3) is 0.0909. The Morgan fingerprint density at radius 2 is 2.27 bits per heavy atom. The van der Waals surface area contributed by atoms with Crippen LogP contribution in [0.2, 0.25) is 0 Å². The van der Waals surface area contributed by atoms with Gasteiger partial charge in [0.15, 0.2) is 0 Å². The van der Waals surface area contributed by atoms with Crippen molar-refractivity contribution < 1.29 is 9.53 Å². The van der Waals surface area contributed by atoms with Crippen molar-refractivity contribution in [2.75, 3.05) is 7.11 Å². The average Bonchev–Trinajstić information content (AvgIpc) is 2.71. The molecule has 74 valence electrons. The van der Waals surface area contributed by atoms with E-state index in [9.17, 15) is 4.79 Å². The summed E-state index contributed by atoms with van der Waals surface area (Å²) in [6.07, 6.45) is 1.14. The van der Waals surface area contributed by atoms with Crippen molar-refractivity contribution >= 4 is 17.0 Å². The smallest absolute Gasteiger partial charge is 0.418 e. The first kappa shape index (κ1) is 9.28. The van der Waals surface area contributed by atoms with Crippen molar-refractivity contribution in [1.82, 2.24) is 4.57 Å². The molecule has 4 nitrogen and oxygen atoms in total. The predicted octanol–water partition coefficient (Wildman–Crippen LogP) is 2.13. The van der Waals surface area contributed by atoms with Gasteiger partial charge in [0.2, 0.25) is 0 Å². The van der Waals surface area contributed by atoms with Crippen LogP contribution in [0.15, 0.2) is 30.5 Å². The minimum absolute atomic E-state index is 0.458. The van der Waals surface area contributed by atoms with E-state index in [4.69, 9.17) is 5.26 Å². The van der Waals surface area contributed by atoms with Crippen molar-refractivity contribution in [1.29, 1.82) is 5.26 Å². The number of ether oxygens (including phenoxy) is 1. The normalized spacial score (nSPS) is 9.87. The lowest BCUT2D eigenvalue weighted by Gasteiger charge is -2.01. The summed E-state index contributed by atoms with van der Waals surface area (Å²) in [7, 11) is 1.32. The first-order valence-electron chi connectivity index (χ1n) is 4.36. The molecule has 0 saturated carbocycles. The summed E-state index contributed by atoms with van der Waals surface area (Å²) in [6.45, 7) is 0. The number of fused-ring (bicyclic) bond motifs is 1. The third kappa shape index (κ3) is 1.34. The van der Waals surface area contributed by atoms with E-state index < -0.39 is 6.09 Å². The second-order valence-electron chi connectivity index (χ2n) is 3.01. The van der Waals surface area contributed by atoms with E-state index in [0.717, 1.165) is 5.39 Å². The van der Waals surface area contributed by atoms with Gasteiger partial charge in [0.25, 0.3) is 0 Å². The molecular formula is C11H8N2O2. The Hall–Kier alpha value is -2.28. The fourth-order valence-corrected chi connectivity index (χ4v) is 1.52. The molecule has 1 aromatic heterocycles. The van der Waals surface area contributed by atoms with E-state index in [1.807, 2.05) is 0 Å². The van der Waals surface area contributed by atoms with E-state index in [2.05, 4.69) is 10.8 Å². The Balaban J connectivity index is 2.72. The van der Waals surface area contributed by atoms with Gasteiger partial charge in [0.1, 0.15) is 0 Å². The Kier molecular flexibility index (Phi) is 2.14. The zero-order valence-electron chi connectivity index (χ0n) is 8.10. The number of carbonyl (C=O) groups is 1. The number of methoxy groups -OCH3 is 1. The Morgan fingerprint density at radius 3 is 2.93 bits per heavy atom. The first-order chi connectivity index (χ1) is 7.27. The molecule has 0 bridgehead atoms. The molecule has 2 rings (SSSR count). The van der Waals surface area contributed by atoms with Gasteiger partial charge in [-0.2, -0.15) is 5.26 Å². The third-order valence-corrected chi connectivity index (χ3v) is 2.22. The number of nitrogens with zero attached hydrogens (tertiary/aromatic N) is 2. The summed E-state index contributed by atoms with van der Waals surface area (Å²) < 4.78 is 5.99. The molecule has 0 fully saturated rings. The summed E-state index contributed by atoms with van der Waals surface area (Å²) in [4.78, 5) is 11.3. The third-order valence-electron chi connectivity index (χ3n) is 2.22. The fourth-order valence-electron chi connectivity index (χ4n) is 1.52.